The maximum absolute atomic E-state index is 12.6. The van der Waals surface area contributed by atoms with E-state index in [0.717, 1.165) is 32.1 Å². The molecule has 0 aromatic rings. The molecule has 8 rings (SSSR count). The number of aliphatic hydroxyl groups excluding tert-OH is 5. The lowest BCUT2D eigenvalue weighted by Crippen LogP contribution is -2.67. The molecule has 3 saturated heterocycles. The largest absolute Gasteiger partial charge is 0.458 e. The Morgan fingerprint density at radius 3 is 1.93 bits per heavy atom. The van der Waals surface area contributed by atoms with Crippen molar-refractivity contribution in [3.63, 3.8) is 0 Å². The molecule has 4 heterocycles. The van der Waals surface area contributed by atoms with E-state index in [0.29, 0.717) is 19.3 Å². The molecule has 7 fully saturated rings. The molecule has 14 nitrogen and oxygen atoms in total. The third kappa shape index (κ3) is 6.95. The number of aliphatic hydroxyl groups is 6. The molecule has 4 aliphatic carbocycles. The number of esters is 1. The van der Waals surface area contributed by atoms with E-state index in [1.807, 2.05) is 13.8 Å². The average Bonchev–Trinajstić information content (AvgIpc) is 3.53. The molecule has 0 bridgehead atoms. The minimum absolute atomic E-state index is 0.0173. The van der Waals surface area contributed by atoms with Gasteiger partial charge in [0.25, 0.3) is 0 Å². The van der Waals surface area contributed by atoms with Gasteiger partial charge in [0.2, 0.25) is 0 Å². The van der Waals surface area contributed by atoms with E-state index >= 15 is 0 Å². The second-order valence-electron chi connectivity index (χ2n) is 18.5. The molecule has 4 saturated carbocycles. The predicted molar refractivity (Wildman–Crippen MR) is 193 cm³/mol. The number of hydrogen-bond acceptors (Lipinski definition) is 14. The van der Waals surface area contributed by atoms with E-state index in [4.69, 9.17) is 37.3 Å². The fraction of sp³-hybridized carbons (Fsp3) is 0.927. The Morgan fingerprint density at radius 2 is 1.35 bits per heavy atom. The monoisotopic (exact) mass is 783 g/mol. The van der Waals surface area contributed by atoms with Crippen molar-refractivity contribution in [1.29, 1.82) is 0 Å². The van der Waals surface area contributed by atoms with Crippen molar-refractivity contribution >= 4 is 5.97 Å². The average molecular weight is 784 g/mol. The second kappa shape index (κ2) is 15.1. The molecule has 6 N–H and O–H groups in total. The van der Waals surface area contributed by atoms with Crippen LogP contribution in [0.3, 0.4) is 0 Å². The van der Waals surface area contributed by atoms with Gasteiger partial charge in [-0.3, -0.25) is 0 Å². The van der Waals surface area contributed by atoms with Gasteiger partial charge in [-0.05, 0) is 107 Å². The van der Waals surface area contributed by atoms with E-state index < -0.39 is 115 Å². The number of carbonyl (C=O) groups is 1. The lowest BCUT2D eigenvalue weighted by Gasteiger charge is -2.65. The summed E-state index contributed by atoms with van der Waals surface area (Å²) in [5.74, 6) is -1.57. The van der Waals surface area contributed by atoms with Gasteiger partial charge in [0.15, 0.2) is 18.9 Å². The first-order chi connectivity index (χ1) is 27.2. The molecule has 312 valence electrons. The summed E-state index contributed by atoms with van der Waals surface area (Å²) in [4.78, 5) is 12.3. The highest BCUT2D eigenvalue weighted by molar-refractivity contribution is 5.85. The number of fused-ring (bicyclic) bond motifs is 5. The van der Waals surface area contributed by atoms with Crippen molar-refractivity contribution in [2.45, 2.75) is 197 Å². The third-order valence-corrected chi connectivity index (χ3v) is 15.7. The van der Waals surface area contributed by atoms with Gasteiger partial charge in [0.05, 0.1) is 58.5 Å². The van der Waals surface area contributed by atoms with Gasteiger partial charge in [0.1, 0.15) is 24.9 Å². The van der Waals surface area contributed by atoms with Gasteiger partial charge >= 0.3 is 5.97 Å². The molecule has 0 aromatic carbocycles. The Balaban J connectivity index is 0.852. The first-order valence-corrected chi connectivity index (χ1v) is 20.7. The van der Waals surface area contributed by atoms with Crippen molar-refractivity contribution in [2.24, 2.45) is 34.5 Å². The van der Waals surface area contributed by atoms with Gasteiger partial charge in [-0.2, -0.15) is 0 Å². The lowest BCUT2D eigenvalue weighted by atomic mass is 9.42. The van der Waals surface area contributed by atoms with Gasteiger partial charge in [-0.1, -0.05) is 13.8 Å². The Bertz CT molecular complexity index is 1550. The van der Waals surface area contributed by atoms with Crippen LogP contribution in [-0.4, -0.2) is 135 Å². The summed E-state index contributed by atoms with van der Waals surface area (Å²) >= 11 is 0. The zero-order valence-electron chi connectivity index (χ0n) is 35.6. The Labute approximate surface area is 328 Å². The molecule has 4 aliphatic heterocycles. The van der Waals surface area contributed by atoms with Crippen LogP contribution in [-0.2, 0) is 38.0 Å². The van der Waals surface area contributed by atoms with Crippen LogP contribution in [0.5, 0.6) is 0 Å². The number of rotatable bonds is 7. The summed E-state index contributed by atoms with van der Waals surface area (Å²) in [7, 11) is 0. The zero-order valence-corrected chi connectivity index (χ0v) is 32.6. The molecule has 14 unspecified atom stereocenters. The van der Waals surface area contributed by atoms with Crippen LogP contribution >= 0.6 is 0 Å². The molecule has 0 aromatic heterocycles. The number of ether oxygens (including phenoxy) is 7. The predicted octanol–water partition coefficient (Wildman–Crippen LogP) is 2.22. The van der Waals surface area contributed by atoms with Crippen molar-refractivity contribution in [3.8, 4) is 0 Å². The maximum Gasteiger partial charge on any atom is 0.331 e. The number of hydrogen-bond donors (Lipinski definition) is 6. The van der Waals surface area contributed by atoms with E-state index in [9.17, 15) is 35.4 Å². The SMILES string of the molecule is [2H]C1=C(C2CC[C@]3(O)[C@@H]4CC[C@@H]5C[C@@H](OC6CC(O)C(OC7CC(O)C(OC8CC(O)C(O)C(C)O8)C(C)O7)C(C)O6)CC[C@]5(C)C4C[C@@H](O)[C@]23C)C([2H])([2H])OC1=O. The quantitative estimate of drug-likeness (QED) is 0.162. The standard InChI is InChI=1S/C41H64O14/c1-19-36(47)28(42)15-34(50-19)54-38-21(3)52-35(17-30(38)44)55-37-20(2)51-33(16-29(37)43)53-24-8-10-39(4)23(13-24)6-7-26-27(39)14-31(45)40(5)25(9-11-41(26,40)48)22-12-32(46)49-18-22/h12,19-21,23-31,33-38,42-45,47-48H,6-11,13-18H2,1-5H3/t19?,20?,21?,23-,24+,25?,26-,27?,28?,29?,30?,31-,33?,34?,35?,36?,37?,38?,39+,40+,41+/m1/s1/i12D,18D2. The van der Waals surface area contributed by atoms with Crippen molar-refractivity contribution in [2.75, 3.05) is 6.56 Å². The lowest BCUT2D eigenvalue weighted by molar-refractivity contribution is -0.336. The number of carbonyl (C=O) groups excluding carboxylic acids is 1. The summed E-state index contributed by atoms with van der Waals surface area (Å²) in [6.07, 6.45) is -5.23. The maximum atomic E-state index is 12.6. The third-order valence-electron chi connectivity index (χ3n) is 15.7. The van der Waals surface area contributed by atoms with Crippen LogP contribution in [0.15, 0.2) is 11.6 Å². The fourth-order valence-corrected chi connectivity index (χ4v) is 12.5. The molecule has 0 radical (unpaired) electrons. The van der Waals surface area contributed by atoms with Crippen molar-refractivity contribution in [3.05, 3.63) is 11.6 Å². The van der Waals surface area contributed by atoms with Crippen molar-refractivity contribution in [1.82, 2.24) is 0 Å². The Morgan fingerprint density at radius 1 is 0.745 bits per heavy atom. The molecule has 8 aliphatic rings. The van der Waals surface area contributed by atoms with Gasteiger partial charge < -0.3 is 63.8 Å². The molecule has 0 spiro atoms. The fourth-order valence-electron chi connectivity index (χ4n) is 12.5. The van der Waals surface area contributed by atoms with Crippen LogP contribution in [0, 0.1) is 34.5 Å². The molecule has 21 atom stereocenters. The number of cyclic esters (lactones) is 1. The van der Waals surface area contributed by atoms with Crippen LogP contribution < -0.4 is 0 Å². The minimum atomic E-state index is -2.45. The van der Waals surface area contributed by atoms with Gasteiger partial charge in [-0.15, -0.1) is 0 Å². The first-order valence-electron chi connectivity index (χ1n) is 22.2. The summed E-state index contributed by atoms with van der Waals surface area (Å²) in [6, 6.07) is -0.505. The van der Waals surface area contributed by atoms with Crippen LogP contribution in [0.4, 0.5) is 0 Å². The highest BCUT2D eigenvalue weighted by Crippen LogP contribution is 2.70. The molecule has 0 amide bonds. The van der Waals surface area contributed by atoms with Crippen LogP contribution in [0.25, 0.3) is 0 Å². The van der Waals surface area contributed by atoms with Crippen LogP contribution in [0.1, 0.15) is 109 Å². The minimum Gasteiger partial charge on any atom is -0.458 e. The molecular weight excluding hydrogens is 716 g/mol. The van der Waals surface area contributed by atoms with Crippen molar-refractivity contribution < 1.29 is 72.7 Å². The highest BCUT2D eigenvalue weighted by atomic mass is 16.7. The molecular formula is C41H64O14. The summed E-state index contributed by atoms with van der Waals surface area (Å²) < 4.78 is 66.8. The van der Waals surface area contributed by atoms with Gasteiger partial charge in [0, 0.05) is 30.7 Å². The van der Waals surface area contributed by atoms with E-state index in [-0.39, 0.29) is 54.1 Å². The smallest absolute Gasteiger partial charge is 0.331 e. The zero-order chi connectivity index (χ0) is 41.9. The van der Waals surface area contributed by atoms with Gasteiger partial charge in [-0.25, -0.2) is 4.79 Å². The van der Waals surface area contributed by atoms with E-state index in [2.05, 4.69) is 6.92 Å². The first kappa shape index (κ1) is 36.8. The summed E-state index contributed by atoms with van der Waals surface area (Å²) in [5, 5.41) is 67.1. The van der Waals surface area contributed by atoms with E-state index in [1.54, 1.807) is 13.8 Å². The van der Waals surface area contributed by atoms with Crippen LogP contribution in [0.2, 0.25) is 0 Å². The Kier molecular flexibility index (Phi) is 10.1. The molecule has 14 heteroatoms. The highest BCUT2D eigenvalue weighted by Gasteiger charge is 2.71. The second-order valence-corrected chi connectivity index (χ2v) is 18.5. The summed E-state index contributed by atoms with van der Waals surface area (Å²) in [5.41, 5.74) is -2.69. The topological polar surface area (TPSA) is 203 Å². The van der Waals surface area contributed by atoms with E-state index in [1.165, 1.54) is 0 Å². The molecule has 55 heavy (non-hydrogen) atoms. The Hall–Kier alpha value is -1.27. The normalized spacial score (nSPS) is 57.4. The summed E-state index contributed by atoms with van der Waals surface area (Å²) in [6.45, 7) is 6.83.